The minimum atomic E-state index is 0.0517. The van der Waals surface area contributed by atoms with Crippen molar-refractivity contribution in [3.05, 3.63) is 47.5 Å². The number of pyridine rings is 1. The van der Waals surface area contributed by atoms with Crippen LogP contribution in [0, 0.1) is 19.8 Å². The van der Waals surface area contributed by atoms with E-state index in [-0.39, 0.29) is 11.8 Å². The first-order chi connectivity index (χ1) is 11.6. The molecule has 1 fully saturated rings. The lowest BCUT2D eigenvalue weighted by Gasteiger charge is -2.31. The number of hydrogen-bond acceptors (Lipinski definition) is 5. The molecule has 1 amide bonds. The molecule has 0 aromatic carbocycles. The van der Waals surface area contributed by atoms with Gasteiger partial charge in [0.2, 0.25) is 11.9 Å². The molecular weight excluding hydrogens is 302 g/mol. The fourth-order valence-electron chi connectivity index (χ4n) is 3.02. The summed E-state index contributed by atoms with van der Waals surface area (Å²) < 4.78 is 0. The largest absolute Gasteiger partial charge is 0.350 e. The van der Waals surface area contributed by atoms with Gasteiger partial charge in [0.15, 0.2) is 0 Å². The summed E-state index contributed by atoms with van der Waals surface area (Å²) in [5.74, 6) is 0.942. The fourth-order valence-corrected chi connectivity index (χ4v) is 3.02. The molecule has 0 aliphatic carbocycles. The summed E-state index contributed by atoms with van der Waals surface area (Å²) in [5.41, 5.74) is 2.84. The SMILES string of the molecule is Cc1cc(C)nc(N2CCC(C(=O)NCc3ccccn3)CC2)n1. The van der Waals surface area contributed by atoms with E-state index in [0.29, 0.717) is 6.54 Å². The first kappa shape index (κ1) is 16.4. The number of nitrogens with one attached hydrogen (secondary N) is 1. The molecule has 0 spiro atoms. The molecule has 0 unspecified atom stereocenters. The first-order valence-corrected chi connectivity index (χ1v) is 8.36. The molecule has 126 valence electrons. The van der Waals surface area contributed by atoms with Gasteiger partial charge in [0.1, 0.15) is 0 Å². The monoisotopic (exact) mass is 325 g/mol. The van der Waals surface area contributed by atoms with Gasteiger partial charge in [0, 0.05) is 36.6 Å². The number of rotatable bonds is 4. The molecule has 0 saturated carbocycles. The van der Waals surface area contributed by atoms with Gasteiger partial charge in [-0.25, -0.2) is 9.97 Å². The molecule has 3 heterocycles. The molecule has 3 rings (SSSR count). The summed E-state index contributed by atoms with van der Waals surface area (Å²) in [6.07, 6.45) is 3.39. The first-order valence-electron chi connectivity index (χ1n) is 8.36. The average Bonchev–Trinajstić information content (AvgIpc) is 2.60. The van der Waals surface area contributed by atoms with Crippen LogP contribution in [-0.2, 0) is 11.3 Å². The van der Waals surface area contributed by atoms with Crippen LogP contribution in [0.3, 0.4) is 0 Å². The minimum absolute atomic E-state index is 0.0517. The van der Waals surface area contributed by atoms with Crippen molar-refractivity contribution < 1.29 is 4.79 Å². The molecule has 1 N–H and O–H groups in total. The number of amides is 1. The highest BCUT2D eigenvalue weighted by Gasteiger charge is 2.26. The number of carbonyl (C=O) groups excluding carboxylic acids is 1. The Bertz CT molecular complexity index is 676. The quantitative estimate of drug-likeness (QED) is 0.931. The third-order valence-corrected chi connectivity index (χ3v) is 4.29. The van der Waals surface area contributed by atoms with E-state index in [9.17, 15) is 4.79 Å². The van der Waals surface area contributed by atoms with Gasteiger partial charge in [-0.05, 0) is 44.9 Å². The predicted molar refractivity (Wildman–Crippen MR) is 92.5 cm³/mol. The van der Waals surface area contributed by atoms with Crippen molar-refractivity contribution in [2.24, 2.45) is 5.92 Å². The number of carbonyl (C=O) groups is 1. The Morgan fingerprint density at radius 2 is 1.92 bits per heavy atom. The molecule has 6 heteroatoms. The molecule has 0 bridgehead atoms. The van der Waals surface area contributed by atoms with Crippen LogP contribution >= 0.6 is 0 Å². The Morgan fingerprint density at radius 3 is 2.54 bits per heavy atom. The summed E-state index contributed by atoms with van der Waals surface area (Å²) in [5, 5.41) is 2.99. The van der Waals surface area contributed by atoms with Crippen LogP contribution in [0.1, 0.15) is 29.9 Å². The number of piperidine rings is 1. The number of aromatic nitrogens is 3. The van der Waals surface area contributed by atoms with Gasteiger partial charge in [-0.1, -0.05) is 6.07 Å². The van der Waals surface area contributed by atoms with Crippen LogP contribution in [0.15, 0.2) is 30.5 Å². The molecule has 1 aliphatic heterocycles. The molecule has 6 nitrogen and oxygen atoms in total. The summed E-state index contributed by atoms with van der Waals surface area (Å²) in [6.45, 7) is 6.07. The van der Waals surface area contributed by atoms with E-state index in [2.05, 4.69) is 25.2 Å². The van der Waals surface area contributed by atoms with Crippen molar-refractivity contribution in [2.45, 2.75) is 33.2 Å². The third-order valence-electron chi connectivity index (χ3n) is 4.29. The summed E-state index contributed by atoms with van der Waals surface area (Å²) in [7, 11) is 0. The van der Waals surface area contributed by atoms with Gasteiger partial charge < -0.3 is 10.2 Å². The number of hydrogen-bond donors (Lipinski definition) is 1. The molecule has 0 atom stereocenters. The number of nitrogens with zero attached hydrogens (tertiary/aromatic N) is 4. The van der Waals surface area contributed by atoms with Crippen LogP contribution in [0.2, 0.25) is 0 Å². The van der Waals surface area contributed by atoms with Crippen LogP contribution < -0.4 is 10.2 Å². The van der Waals surface area contributed by atoms with Crippen LogP contribution in [-0.4, -0.2) is 33.9 Å². The van der Waals surface area contributed by atoms with E-state index in [1.54, 1.807) is 6.20 Å². The highest BCUT2D eigenvalue weighted by Crippen LogP contribution is 2.21. The molecule has 1 aliphatic rings. The molecule has 2 aromatic heterocycles. The highest BCUT2D eigenvalue weighted by molar-refractivity contribution is 5.78. The van der Waals surface area contributed by atoms with Gasteiger partial charge in [0.25, 0.3) is 0 Å². The Kier molecular flexibility index (Phi) is 5.03. The summed E-state index contributed by atoms with van der Waals surface area (Å²) >= 11 is 0. The predicted octanol–water partition coefficient (Wildman–Crippen LogP) is 2.02. The standard InChI is InChI=1S/C18H23N5O/c1-13-11-14(2)22-18(21-13)23-9-6-15(7-10-23)17(24)20-12-16-5-3-4-8-19-16/h3-5,8,11,15H,6-7,9-10,12H2,1-2H3,(H,20,24). The fraction of sp³-hybridized carbons (Fsp3) is 0.444. The topological polar surface area (TPSA) is 71.0 Å². The van der Waals surface area contributed by atoms with Gasteiger partial charge in [-0.2, -0.15) is 0 Å². The van der Waals surface area contributed by atoms with E-state index < -0.39 is 0 Å². The number of aryl methyl sites for hydroxylation is 2. The van der Waals surface area contributed by atoms with E-state index in [0.717, 1.165) is 49.0 Å². The molecule has 24 heavy (non-hydrogen) atoms. The van der Waals surface area contributed by atoms with Gasteiger partial charge in [-0.15, -0.1) is 0 Å². The zero-order valence-corrected chi connectivity index (χ0v) is 14.2. The molecule has 2 aromatic rings. The van der Waals surface area contributed by atoms with Gasteiger partial charge in [0.05, 0.1) is 12.2 Å². The van der Waals surface area contributed by atoms with E-state index in [1.807, 2.05) is 38.1 Å². The lowest BCUT2D eigenvalue weighted by molar-refractivity contribution is -0.125. The van der Waals surface area contributed by atoms with E-state index in [1.165, 1.54) is 0 Å². The second kappa shape index (κ2) is 7.38. The average molecular weight is 325 g/mol. The van der Waals surface area contributed by atoms with Crippen molar-refractivity contribution in [1.29, 1.82) is 0 Å². The number of anilines is 1. The van der Waals surface area contributed by atoms with E-state index in [4.69, 9.17) is 0 Å². The highest BCUT2D eigenvalue weighted by atomic mass is 16.1. The molecule has 1 saturated heterocycles. The maximum absolute atomic E-state index is 12.3. The van der Waals surface area contributed by atoms with Crippen molar-refractivity contribution in [1.82, 2.24) is 20.3 Å². The zero-order chi connectivity index (χ0) is 16.9. The second-order valence-electron chi connectivity index (χ2n) is 6.25. The van der Waals surface area contributed by atoms with Crippen molar-refractivity contribution in [3.63, 3.8) is 0 Å². The normalized spacial score (nSPS) is 15.3. The minimum Gasteiger partial charge on any atom is -0.350 e. The Labute approximate surface area is 142 Å². The van der Waals surface area contributed by atoms with Crippen LogP contribution in [0.25, 0.3) is 0 Å². The second-order valence-corrected chi connectivity index (χ2v) is 6.25. The van der Waals surface area contributed by atoms with Crippen LogP contribution in [0.4, 0.5) is 5.95 Å². The van der Waals surface area contributed by atoms with Crippen LogP contribution in [0.5, 0.6) is 0 Å². The van der Waals surface area contributed by atoms with Crippen molar-refractivity contribution >= 4 is 11.9 Å². The lowest BCUT2D eigenvalue weighted by Crippen LogP contribution is -2.41. The Morgan fingerprint density at radius 1 is 1.21 bits per heavy atom. The molecular formula is C18H23N5O. The Hall–Kier alpha value is -2.50. The zero-order valence-electron chi connectivity index (χ0n) is 14.2. The maximum Gasteiger partial charge on any atom is 0.225 e. The van der Waals surface area contributed by atoms with Crippen molar-refractivity contribution in [2.75, 3.05) is 18.0 Å². The van der Waals surface area contributed by atoms with Gasteiger partial charge in [-0.3, -0.25) is 9.78 Å². The van der Waals surface area contributed by atoms with E-state index >= 15 is 0 Å². The maximum atomic E-state index is 12.3. The summed E-state index contributed by atoms with van der Waals surface area (Å²) in [6, 6.07) is 7.69. The third kappa shape index (κ3) is 4.07. The lowest BCUT2D eigenvalue weighted by atomic mass is 9.96. The van der Waals surface area contributed by atoms with Gasteiger partial charge >= 0.3 is 0 Å². The molecule has 0 radical (unpaired) electrons. The summed E-state index contributed by atoms with van der Waals surface area (Å²) in [4.78, 5) is 27.7. The smallest absolute Gasteiger partial charge is 0.225 e. The Balaban J connectivity index is 1.52. The van der Waals surface area contributed by atoms with Crippen molar-refractivity contribution in [3.8, 4) is 0 Å².